The van der Waals surface area contributed by atoms with Gasteiger partial charge in [0.25, 0.3) is 0 Å². The Morgan fingerprint density at radius 2 is 1.91 bits per heavy atom. The molecule has 8 heteroatoms. The van der Waals surface area contributed by atoms with E-state index in [9.17, 15) is 13.2 Å². The van der Waals surface area contributed by atoms with Crippen molar-refractivity contribution in [3.8, 4) is 11.5 Å². The van der Waals surface area contributed by atoms with Crippen LogP contribution in [0.5, 0.6) is 11.5 Å². The van der Waals surface area contributed by atoms with E-state index in [0.29, 0.717) is 5.75 Å². The summed E-state index contributed by atoms with van der Waals surface area (Å²) < 4.78 is 46.2. The van der Waals surface area contributed by atoms with Crippen molar-refractivity contribution in [1.29, 1.82) is 0 Å². The van der Waals surface area contributed by atoms with Gasteiger partial charge in [-0.1, -0.05) is 13.0 Å². The summed E-state index contributed by atoms with van der Waals surface area (Å²) in [4.78, 5) is 2.32. The Bertz CT molecular complexity index is 494. The van der Waals surface area contributed by atoms with Crippen molar-refractivity contribution in [3.63, 3.8) is 0 Å². The van der Waals surface area contributed by atoms with Crippen molar-refractivity contribution in [2.45, 2.75) is 25.7 Å². The zero-order valence-electron chi connectivity index (χ0n) is 13.2. The first-order chi connectivity index (χ1) is 10.4. The summed E-state index contributed by atoms with van der Waals surface area (Å²) in [6, 6.07) is 4.43. The first-order valence-electron chi connectivity index (χ1n) is 7.33. The van der Waals surface area contributed by atoms with Crippen molar-refractivity contribution in [1.82, 2.24) is 10.2 Å². The van der Waals surface area contributed by atoms with Crippen molar-refractivity contribution in [3.05, 3.63) is 23.8 Å². The van der Waals surface area contributed by atoms with Crippen LogP contribution in [0.4, 0.5) is 13.2 Å². The number of ether oxygens (including phenoxy) is 2. The molecule has 1 aliphatic rings. The lowest BCUT2D eigenvalue weighted by molar-refractivity contribution is -0.274. The summed E-state index contributed by atoms with van der Waals surface area (Å²) in [6.45, 7) is 5.69. The second-order valence-corrected chi connectivity index (χ2v) is 5.16. The fraction of sp³-hybridized carbons (Fsp3) is 0.600. The van der Waals surface area contributed by atoms with Gasteiger partial charge in [-0.3, -0.25) is 4.90 Å². The lowest BCUT2D eigenvalue weighted by Crippen LogP contribution is -2.45. The maximum Gasteiger partial charge on any atom is 0.573 e. The van der Waals surface area contributed by atoms with E-state index in [2.05, 4.69) is 21.9 Å². The minimum absolute atomic E-state index is 0. The molecule has 4 nitrogen and oxygen atoms in total. The van der Waals surface area contributed by atoms with E-state index in [1.54, 1.807) is 6.07 Å². The highest BCUT2D eigenvalue weighted by Crippen LogP contribution is 2.36. The molecular formula is C15H22ClF3N2O2. The van der Waals surface area contributed by atoms with Crippen molar-refractivity contribution < 1.29 is 22.6 Å². The highest BCUT2D eigenvalue weighted by molar-refractivity contribution is 5.85. The number of hydrogen-bond donors (Lipinski definition) is 1. The van der Waals surface area contributed by atoms with Gasteiger partial charge in [-0.25, -0.2) is 0 Å². The van der Waals surface area contributed by atoms with Crippen LogP contribution in [0.2, 0.25) is 0 Å². The molecule has 1 saturated heterocycles. The third-order valence-electron chi connectivity index (χ3n) is 3.78. The molecule has 0 spiro atoms. The van der Waals surface area contributed by atoms with Gasteiger partial charge in [-0.15, -0.1) is 25.6 Å². The number of nitrogens with zero attached hydrogens (tertiary/aromatic N) is 1. The number of halogens is 4. The van der Waals surface area contributed by atoms with Crippen LogP contribution < -0.4 is 14.8 Å². The quantitative estimate of drug-likeness (QED) is 0.879. The molecule has 0 radical (unpaired) electrons. The predicted molar refractivity (Wildman–Crippen MR) is 84.4 cm³/mol. The van der Waals surface area contributed by atoms with Gasteiger partial charge in [-0.2, -0.15) is 0 Å². The summed E-state index contributed by atoms with van der Waals surface area (Å²) in [5, 5.41) is 3.29. The van der Waals surface area contributed by atoms with Gasteiger partial charge in [0.2, 0.25) is 0 Å². The topological polar surface area (TPSA) is 33.7 Å². The second-order valence-electron chi connectivity index (χ2n) is 5.16. The van der Waals surface area contributed by atoms with Crippen LogP contribution in [0.3, 0.4) is 0 Å². The molecule has 1 aromatic carbocycles. The summed E-state index contributed by atoms with van der Waals surface area (Å²) >= 11 is 0. The smallest absolute Gasteiger partial charge is 0.496 e. The number of benzene rings is 1. The van der Waals surface area contributed by atoms with Crippen LogP contribution in [0.1, 0.15) is 24.9 Å². The summed E-state index contributed by atoms with van der Waals surface area (Å²) in [7, 11) is 1.46. The van der Waals surface area contributed by atoms with E-state index < -0.39 is 6.36 Å². The second kappa shape index (κ2) is 8.61. The van der Waals surface area contributed by atoms with E-state index >= 15 is 0 Å². The molecule has 2 rings (SSSR count). The van der Waals surface area contributed by atoms with Gasteiger partial charge < -0.3 is 14.8 Å². The molecule has 132 valence electrons. The SMILES string of the molecule is CC[C@H](c1ccc(OC(F)(F)F)cc1OC)N1CCNCC1.Cl. The normalized spacial score (nSPS) is 17.3. The van der Waals surface area contributed by atoms with E-state index in [0.717, 1.165) is 38.2 Å². The Hall–Kier alpha value is -1.18. The Balaban J connectivity index is 0.00000264. The van der Waals surface area contributed by atoms with Gasteiger partial charge in [0, 0.05) is 43.9 Å². The Morgan fingerprint density at radius 1 is 1.26 bits per heavy atom. The molecule has 0 aromatic heterocycles. The number of hydrogen-bond acceptors (Lipinski definition) is 4. The molecule has 23 heavy (non-hydrogen) atoms. The largest absolute Gasteiger partial charge is 0.573 e. The van der Waals surface area contributed by atoms with Crippen molar-refractivity contribution >= 4 is 12.4 Å². The number of piperazine rings is 1. The number of nitrogens with one attached hydrogen (secondary N) is 1. The van der Waals surface area contributed by atoms with E-state index in [1.165, 1.54) is 19.2 Å². The van der Waals surface area contributed by atoms with Crippen LogP contribution in [0, 0.1) is 0 Å². The summed E-state index contributed by atoms with van der Waals surface area (Å²) in [5.41, 5.74) is 0.890. The minimum atomic E-state index is -4.70. The van der Waals surface area contributed by atoms with Gasteiger partial charge in [0.15, 0.2) is 0 Å². The molecule has 1 heterocycles. The third kappa shape index (κ3) is 5.44. The van der Waals surface area contributed by atoms with Crippen molar-refractivity contribution in [2.24, 2.45) is 0 Å². The zero-order valence-corrected chi connectivity index (χ0v) is 14.0. The monoisotopic (exact) mass is 354 g/mol. The van der Waals surface area contributed by atoms with Gasteiger partial charge in [0.1, 0.15) is 11.5 Å². The van der Waals surface area contributed by atoms with Crippen LogP contribution in [0.15, 0.2) is 18.2 Å². The molecule has 1 atom stereocenters. The van der Waals surface area contributed by atoms with E-state index in [4.69, 9.17) is 4.74 Å². The fourth-order valence-corrected chi connectivity index (χ4v) is 2.83. The summed E-state index contributed by atoms with van der Waals surface area (Å²) in [6.07, 6.45) is -3.84. The Kier molecular flexibility index (Phi) is 7.44. The fourth-order valence-electron chi connectivity index (χ4n) is 2.83. The van der Waals surface area contributed by atoms with Gasteiger partial charge in [0.05, 0.1) is 7.11 Å². The highest BCUT2D eigenvalue weighted by atomic mass is 35.5. The number of rotatable bonds is 5. The molecule has 1 aromatic rings. The number of alkyl halides is 3. The first kappa shape index (κ1) is 19.9. The van der Waals surface area contributed by atoms with Crippen molar-refractivity contribution in [2.75, 3.05) is 33.3 Å². The predicted octanol–water partition coefficient (Wildman–Crippen LogP) is 3.37. The molecule has 0 aliphatic carbocycles. The van der Waals surface area contributed by atoms with E-state index in [-0.39, 0.29) is 24.2 Å². The number of methoxy groups -OCH3 is 1. The highest BCUT2D eigenvalue weighted by Gasteiger charge is 2.32. The molecular weight excluding hydrogens is 333 g/mol. The van der Waals surface area contributed by atoms with Crippen LogP contribution in [-0.2, 0) is 0 Å². The molecule has 0 amide bonds. The Labute approximate surface area is 140 Å². The van der Waals surface area contributed by atoms with E-state index in [1.807, 2.05) is 0 Å². The standard InChI is InChI=1S/C15H21F3N2O2.ClH/c1-3-13(20-8-6-19-7-9-20)12-5-4-11(10-14(12)21-2)22-15(16,17)18;/h4-5,10,13,19H,3,6-9H2,1-2H3;1H/t13-;/m1./s1. The lowest BCUT2D eigenvalue weighted by atomic mass is 10.0. The average molecular weight is 355 g/mol. The molecule has 1 fully saturated rings. The van der Waals surface area contributed by atoms with Gasteiger partial charge >= 0.3 is 6.36 Å². The first-order valence-corrected chi connectivity index (χ1v) is 7.33. The minimum Gasteiger partial charge on any atom is -0.496 e. The maximum atomic E-state index is 12.3. The van der Waals surface area contributed by atoms with Crippen LogP contribution in [-0.4, -0.2) is 44.6 Å². The molecule has 0 saturated carbocycles. The van der Waals surface area contributed by atoms with Gasteiger partial charge in [-0.05, 0) is 12.5 Å². The Morgan fingerprint density at radius 3 is 2.43 bits per heavy atom. The average Bonchev–Trinajstić information content (AvgIpc) is 2.48. The third-order valence-corrected chi connectivity index (χ3v) is 3.78. The molecule has 0 unspecified atom stereocenters. The lowest BCUT2D eigenvalue weighted by Gasteiger charge is -2.35. The zero-order chi connectivity index (χ0) is 16.2. The summed E-state index contributed by atoms with van der Waals surface area (Å²) in [5.74, 6) is 0.162. The maximum absolute atomic E-state index is 12.3. The van der Waals surface area contributed by atoms with Crippen LogP contribution >= 0.6 is 12.4 Å². The molecule has 1 N–H and O–H groups in total. The van der Waals surface area contributed by atoms with Crippen LogP contribution in [0.25, 0.3) is 0 Å². The molecule has 0 bridgehead atoms. The molecule has 1 aliphatic heterocycles.